The van der Waals surface area contributed by atoms with Crippen molar-refractivity contribution in [1.82, 2.24) is 14.5 Å². The van der Waals surface area contributed by atoms with Crippen molar-refractivity contribution in [3.8, 4) is 61.7 Å². The molecule has 260 valence electrons. The van der Waals surface area contributed by atoms with Gasteiger partial charge in [-0.3, -0.25) is 0 Å². The Morgan fingerprint density at radius 3 is 1.47 bits per heavy atom. The third-order valence-electron chi connectivity index (χ3n) is 10.6. The zero-order chi connectivity index (χ0) is 36.6. The van der Waals surface area contributed by atoms with E-state index >= 15 is 0 Å². The second-order valence-electron chi connectivity index (χ2n) is 14.1. The van der Waals surface area contributed by atoms with E-state index in [1.807, 2.05) is 6.07 Å². The lowest BCUT2D eigenvalue weighted by atomic mass is 9.94. The van der Waals surface area contributed by atoms with E-state index in [1.165, 1.54) is 32.9 Å². The Morgan fingerprint density at radius 1 is 0.382 bits per heavy atom. The molecule has 7 aromatic carbocycles. The van der Waals surface area contributed by atoms with Crippen LogP contribution >= 0.6 is 0 Å². The molecule has 1 aliphatic rings. The van der Waals surface area contributed by atoms with E-state index in [0.29, 0.717) is 0 Å². The van der Waals surface area contributed by atoms with Gasteiger partial charge in [0.15, 0.2) is 5.82 Å². The first kappa shape index (κ1) is 32.5. The molecular formula is C52H37N3. The molecule has 55 heavy (non-hydrogen) atoms. The summed E-state index contributed by atoms with van der Waals surface area (Å²) in [5.41, 5.74) is 15.6. The molecule has 2 aromatic heterocycles. The van der Waals surface area contributed by atoms with Gasteiger partial charge >= 0.3 is 0 Å². The second-order valence-corrected chi connectivity index (χ2v) is 14.1. The fourth-order valence-corrected chi connectivity index (χ4v) is 7.86. The van der Waals surface area contributed by atoms with E-state index < -0.39 is 0 Å². The zero-order valence-corrected chi connectivity index (χ0v) is 30.3. The number of fused-ring (bicyclic) bond motifs is 3. The highest BCUT2D eigenvalue weighted by molar-refractivity contribution is 6.09. The van der Waals surface area contributed by atoms with E-state index in [9.17, 15) is 0 Å². The van der Waals surface area contributed by atoms with Gasteiger partial charge in [0, 0.05) is 27.6 Å². The Kier molecular flexibility index (Phi) is 8.31. The van der Waals surface area contributed by atoms with Crippen LogP contribution in [0.3, 0.4) is 0 Å². The summed E-state index contributed by atoms with van der Waals surface area (Å²) in [6.07, 6.45) is 8.78. The van der Waals surface area contributed by atoms with Crippen molar-refractivity contribution in [2.45, 2.75) is 12.8 Å². The Morgan fingerprint density at radius 2 is 0.873 bits per heavy atom. The van der Waals surface area contributed by atoms with Crippen LogP contribution in [0.5, 0.6) is 0 Å². The van der Waals surface area contributed by atoms with Crippen molar-refractivity contribution in [3.63, 3.8) is 0 Å². The van der Waals surface area contributed by atoms with Crippen LogP contribution in [-0.4, -0.2) is 14.5 Å². The van der Waals surface area contributed by atoms with Gasteiger partial charge in [0.2, 0.25) is 0 Å². The maximum absolute atomic E-state index is 5.20. The van der Waals surface area contributed by atoms with Crippen LogP contribution < -0.4 is 0 Å². The van der Waals surface area contributed by atoms with Gasteiger partial charge in [-0.25, -0.2) is 9.97 Å². The van der Waals surface area contributed by atoms with Gasteiger partial charge < -0.3 is 4.57 Å². The Bertz CT molecular complexity index is 2830. The lowest BCUT2D eigenvalue weighted by Gasteiger charge is -2.14. The van der Waals surface area contributed by atoms with Gasteiger partial charge in [0.1, 0.15) is 0 Å². The van der Waals surface area contributed by atoms with Crippen LogP contribution in [0.2, 0.25) is 0 Å². The van der Waals surface area contributed by atoms with Crippen LogP contribution in [0.25, 0.3) is 89.1 Å². The first-order chi connectivity index (χ1) is 27.2. The molecule has 3 heteroatoms. The van der Waals surface area contributed by atoms with E-state index in [1.54, 1.807) is 0 Å². The average molecular weight is 704 g/mol. The summed E-state index contributed by atoms with van der Waals surface area (Å²) in [6.45, 7) is 0. The lowest BCUT2D eigenvalue weighted by molar-refractivity contribution is 1.03. The van der Waals surface area contributed by atoms with Crippen molar-refractivity contribution >= 4 is 27.4 Å². The molecule has 0 fully saturated rings. The molecule has 2 heterocycles. The number of hydrogen-bond acceptors (Lipinski definition) is 2. The molecule has 0 aliphatic heterocycles. The highest BCUT2D eigenvalue weighted by Gasteiger charge is 2.16. The van der Waals surface area contributed by atoms with Crippen LogP contribution in [0.4, 0.5) is 0 Å². The number of rotatable bonds is 7. The average Bonchev–Trinajstić information content (AvgIpc) is 3.61. The lowest BCUT2D eigenvalue weighted by Crippen LogP contribution is -1.99. The van der Waals surface area contributed by atoms with E-state index in [0.717, 1.165) is 74.7 Å². The predicted octanol–water partition coefficient (Wildman–Crippen LogP) is 13.6. The molecule has 1 aliphatic carbocycles. The summed E-state index contributed by atoms with van der Waals surface area (Å²) in [6, 6.07) is 65.0. The molecule has 0 atom stereocenters. The Labute approximate surface area is 321 Å². The minimum Gasteiger partial charge on any atom is -0.309 e. The SMILES string of the molecule is C1=CC(c2cc(-c3ccccc3)nc(-c3cc(-c4ccccc4)cc(-c4ccc(-c5ccc(-n6c7ccccc7c7ccccc76)cc5)cc4)c3)n2)=CCC1. The van der Waals surface area contributed by atoms with E-state index in [4.69, 9.17) is 9.97 Å². The first-order valence-electron chi connectivity index (χ1n) is 19.0. The molecular weight excluding hydrogens is 667 g/mol. The first-order valence-corrected chi connectivity index (χ1v) is 19.0. The number of allylic oxidation sites excluding steroid dienone is 4. The molecule has 0 saturated heterocycles. The van der Waals surface area contributed by atoms with Gasteiger partial charge in [-0.1, -0.05) is 152 Å². The summed E-state index contributed by atoms with van der Waals surface area (Å²) in [5.74, 6) is 0.718. The summed E-state index contributed by atoms with van der Waals surface area (Å²) in [7, 11) is 0. The zero-order valence-electron chi connectivity index (χ0n) is 30.3. The topological polar surface area (TPSA) is 30.7 Å². The maximum atomic E-state index is 5.20. The Balaban J connectivity index is 1.03. The maximum Gasteiger partial charge on any atom is 0.160 e. The van der Waals surface area contributed by atoms with E-state index in [2.05, 4.69) is 199 Å². The van der Waals surface area contributed by atoms with Crippen LogP contribution in [-0.2, 0) is 0 Å². The van der Waals surface area contributed by atoms with Crippen molar-refractivity contribution in [2.24, 2.45) is 0 Å². The number of aromatic nitrogens is 3. The normalized spacial score (nSPS) is 12.6. The highest BCUT2D eigenvalue weighted by atomic mass is 15.0. The van der Waals surface area contributed by atoms with Crippen molar-refractivity contribution in [2.75, 3.05) is 0 Å². The third-order valence-corrected chi connectivity index (χ3v) is 10.6. The minimum atomic E-state index is 0.718. The third kappa shape index (κ3) is 6.26. The molecule has 0 bridgehead atoms. The smallest absolute Gasteiger partial charge is 0.160 e. The Hall–Kier alpha value is -7.10. The molecule has 3 nitrogen and oxygen atoms in total. The quantitative estimate of drug-likeness (QED) is 0.165. The number of para-hydroxylation sites is 2. The molecule has 0 radical (unpaired) electrons. The molecule has 0 unspecified atom stereocenters. The van der Waals surface area contributed by atoms with E-state index in [-0.39, 0.29) is 0 Å². The van der Waals surface area contributed by atoms with Gasteiger partial charge in [0.25, 0.3) is 0 Å². The van der Waals surface area contributed by atoms with Crippen LogP contribution in [0.1, 0.15) is 18.5 Å². The fourth-order valence-electron chi connectivity index (χ4n) is 7.86. The number of benzene rings is 7. The summed E-state index contributed by atoms with van der Waals surface area (Å²) >= 11 is 0. The number of nitrogens with zero attached hydrogens (tertiary/aromatic N) is 3. The number of hydrogen-bond donors (Lipinski definition) is 0. The summed E-state index contributed by atoms with van der Waals surface area (Å²) < 4.78 is 2.36. The molecule has 0 amide bonds. The fraction of sp³-hybridized carbons (Fsp3) is 0.0385. The van der Waals surface area contributed by atoms with Gasteiger partial charge in [-0.15, -0.1) is 0 Å². The molecule has 0 N–H and O–H groups in total. The summed E-state index contributed by atoms with van der Waals surface area (Å²) in [5, 5.41) is 2.54. The predicted molar refractivity (Wildman–Crippen MR) is 230 cm³/mol. The van der Waals surface area contributed by atoms with Gasteiger partial charge in [-0.05, 0) is 100 Å². The monoisotopic (exact) mass is 703 g/mol. The standard InChI is InChI=1S/C52H37N3/c1-4-14-36(15-5-1)42-32-43(34-44(33-42)52-53-48(40-16-6-2-7-17-40)35-49(54-52)41-18-8-3-9-19-41)39-26-24-37(25-27-39)38-28-30-45(31-29-38)55-50-22-12-10-20-46(50)47-21-11-13-23-51(47)55/h1-2,4-8,10-35H,3,9H2. The molecule has 0 spiro atoms. The van der Waals surface area contributed by atoms with Crippen molar-refractivity contribution < 1.29 is 0 Å². The van der Waals surface area contributed by atoms with Crippen LogP contribution in [0, 0.1) is 0 Å². The van der Waals surface area contributed by atoms with Crippen molar-refractivity contribution in [1.29, 1.82) is 0 Å². The largest absolute Gasteiger partial charge is 0.309 e. The molecule has 10 rings (SSSR count). The van der Waals surface area contributed by atoms with Crippen molar-refractivity contribution in [3.05, 3.63) is 206 Å². The molecule has 0 saturated carbocycles. The highest BCUT2D eigenvalue weighted by Crippen LogP contribution is 2.36. The molecule has 9 aromatic rings. The van der Waals surface area contributed by atoms with Crippen LogP contribution in [0.15, 0.2) is 200 Å². The summed E-state index contributed by atoms with van der Waals surface area (Å²) in [4.78, 5) is 10.4. The van der Waals surface area contributed by atoms with Gasteiger partial charge in [-0.2, -0.15) is 0 Å². The minimum absolute atomic E-state index is 0.718. The second kappa shape index (κ2) is 14.0. The van der Waals surface area contributed by atoms with Gasteiger partial charge in [0.05, 0.1) is 22.4 Å².